The van der Waals surface area contributed by atoms with E-state index in [1.54, 1.807) is 12.1 Å². The zero-order chi connectivity index (χ0) is 15.0. The number of carbonyl (C=O) groups is 1. The van der Waals surface area contributed by atoms with E-state index in [4.69, 9.17) is 10.8 Å². The van der Waals surface area contributed by atoms with Gasteiger partial charge in [-0.2, -0.15) is 5.10 Å². The van der Waals surface area contributed by atoms with Crippen LogP contribution in [0, 0.1) is 5.82 Å². The second-order valence-corrected chi connectivity index (χ2v) is 5.27. The van der Waals surface area contributed by atoms with Crippen LogP contribution in [-0.2, 0) is 17.8 Å². The molecule has 0 amide bonds. The number of halogens is 1. The summed E-state index contributed by atoms with van der Waals surface area (Å²) >= 11 is 0. The van der Waals surface area contributed by atoms with Gasteiger partial charge in [0.05, 0.1) is 5.69 Å². The number of carboxylic acids is 1. The third kappa shape index (κ3) is 2.54. The lowest BCUT2D eigenvalue weighted by Crippen LogP contribution is -2.20. The summed E-state index contributed by atoms with van der Waals surface area (Å²) in [4.78, 5) is 11.0. The molecule has 0 bridgehead atoms. The zero-order valence-electron chi connectivity index (χ0n) is 11.4. The SMILES string of the molecule is NC1CCCc2c1c(-c1cccc(F)c1)nn2CC(=O)O. The van der Waals surface area contributed by atoms with Crippen molar-refractivity contribution >= 4 is 5.97 Å². The predicted octanol–water partition coefficient (Wildman–Crippen LogP) is 2.11. The molecular weight excluding hydrogens is 273 g/mol. The van der Waals surface area contributed by atoms with Crippen molar-refractivity contribution in [1.82, 2.24) is 9.78 Å². The lowest BCUT2D eigenvalue weighted by molar-refractivity contribution is -0.137. The Bertz CT molecular complexity index is 696. The molecule has 2 aromatic rings. The monoisotopic (exact) mass is 289 g/mol. The molecule has 1 aliphatic rings. The van der Waals surface area contributed by atoms with Gasteiger partial charge in [0.1, 0.15) is 12.4 Å². The van der Waals surface area contributed by atoms with Crippen LogP contribution in [0.4, 0.5) is 4.39 Å². The number of hydrogen-bond acceptors (Lipinski definition) is 3. The Morgan fingerprint density at radius 2 is 2.33 bits per heavy atom. The molecular formula is C15H16FN3O2. The lowest BCUT2D eigenvalue weighted by atomic mass is 9.89. The number of carboxylic acid groups (broad SMARTS) is 1. The van der Waals surface area contributed by atoms with E-state index >= 15 is 0 Å². The van der Waals surface area contributed by atoms with Crippen LogP contribution in [0.5, 0.6) is 0 Å². The molecule has 1 atom stereocenters. The van der Waals surface area contributed by atoms with Crippen LogP contribution < -0.4 is 5.73 Å². The van der Waals surface area contributed by atoms with Gasteiger partial charge in [-0.3, -0.25) is 9.48 Å². The van der Waals surface area contributed by atoms with Crippen LogP contribution in [-0.4, -0.2) is 20.9 Å². The third-order valence-corrected chi connectivity index (χ3v) is 3.78. The molecule has 1 heterocycles. The van der Waals surface area contributed by atoms with Gasteiger partial charge < -0.3 is 10.8 Å². The smallest absolute Gasteiger partial charge is 0.325 e. The average molecular weight is 289 g/mol. The average Bonchev–Trinajstić information content (AvgIpc) is 2.78. The molecule has 1 aliphatic carbocycles. The van der Waals surface area contributed by atoms with Crippen LogP contribution in [0.25, 0.3) is 11.3 Å². The van der Waals surface area contributed by atoms with E-state index in [1.807, 2.05) is 0 Å². The molecule has 0 saturated heterocycles. The highest BCUT2D eigenvalue weighted by Crippen LogP contribution is 2.36. The molecule has 1 aromatic carbocycles. The maximum atomic E-state index is 13.4. The van der Waals surface area contributed by atoms with Crippen molar-refractivity contribution in [2.75, 3.05) is 0 Å². The number of benzene rings is 1. The molecule has 0 saturated carbocycles. The number of hydrogen-bond donors (Lipinski definition) is 2. The summed E-state index contributed by atoms with van der Waals surface area (Å²) in [5, 5.41) is 13.4. The Kier molecular flexibility index (Phi) is 3.47. The van der Waals surface area contributed by atoms with E-state index < -0.39 is 5.97 Å². The number of fused-ring (bicyclic) bond motifs is 1. The standard InChI is InChI=1S/C15H16FN3O2/c16-10-4-1-3-9(7-10)15-14-11(17)5-2-6-12(14)19(18-15)8-13(20)21/h1,3-4,7,11H,2,5-6,8,17H2,(H,20,21). The Morgan fingerprint density at radius 3 is 3.05 bits per heavy atom. The van der Waals surface area contributed by atoms with Crippen LogP contribution >= 0.6 is 0 Å². The molecule has 6 heteroatoms. The minimum Gasteiger partial charge on any atom is -0.480 e. The number of aromatic nitrogens is 2. The number of nitrogens with two attached hydrogens (primary N) is 1. The van der Waals surface area contributed by atoms with Gasteiger partial charge in [-0.25, -0.2) is 4.39 Å². The summed E-state index contributed by atoms with van der Waals surface area (Å²) in [6, 6.07) is 5.95. The topological polar surface area (TPSA) is 81.1 Å². The molecule has 3 rings (SSSR count). The summed E-state index contributed by atoms with van der Waals surface area (Å²) in [7, 11) is 0. The predicted molar refractivity (Wildman–Crippen MR) is 75.1 cm³/mol. The molecule has 21 heavy (non-hydrogen) atoms. The number of nitrogens with zero attached hydrogens (tertiary/aromatic N) is 2. The van der Waals surface area contributed by atoms with Gasteiger partial charge in [-0.05, 0) is 31.4 Å². The van der Waals surface area contributed by atoms with E-state index in [-0.39, 0.29) is 18.4 Å². The minimum absolute atomic E-state index is 0.186. The van der Waals surface area contributed by atoms with Crippen LogP contribution in [0.3, 0.4) is 0 Å². The second-order valence-electron chi connectivity index (χ2n) is 5.27. The van der Waals surface area contributed by atoms with Gasteiger partial charge in [-0.15, -0.1) is 0 Å². The highest BCUT2D eigenvalue weighted by Gasteiger charge is 2.27. The molecule has 1 unspecified atom stereocenters. The molecule has 0 spiro atoms. The fourth-order valence-electron chi connectivity index (χ4n) is 2.91. The van der Waals surface area contributed by atoms with E-state index in [9.17, 15) is 9.18 Å². The normalized spacial score (nSPS) is 17.5. The highest BCUT2D eigenvalue weighted by molar-refractivity contribution is 5.69. The fraction of sp³-hybridized carbons (Fsp3) is 0.333. The first kappa shape index (κ1) is 13.8. The first-order valence-electron chi connectivity index (χ1n) is 6.89. The van der Waals surface area contributed by atoms with Crippen molar-refractivity contribution in [3.8, 4) is 11.3 Å². The van der Waals surface area contributed by atoms with Gasteiger partial charge in [-0.1, -0.05) is 12.1 Å². The quantitative estimate of drug-likeness (QED) is 0.906. The molecule has 0 aliphatic heterocycles. The Hall–Kier alpha value is -2.21. The van der Waals surface area contributed by atoms with Crippen LogP contribution in [0.2, 0.25) is 0 Å². The summed E-state index contributed by atoms with van der Waals surface area (Å²) in [6.45, 7) is -0.204. The molecule has 5 nitrogen and oxygen atoms in total. The van der Waals surface area contributed by atoms with Gasteiger partial charge in [0, 0.05) is 22.9 Å². The number of rotatable bonds is 3. The van der Waals surface area contributed by atoms with Gasteiger partial charge in [0.25, 0.3) is 0 Å². The fourth-order valence-corrected chi connectivity index (χ4v) is 2.91. The summed E-state index contributed by atoms with van der Waals surface area (Å²) in [5.74, 6) is -1.30. The van der Waals surface area contributed by atoms with E-state index in [0.29, 0.717) is 11.3 Å². The molecule has 0 fully saturated rings. The van der Waals surface area contributed by atoms with E-state index in [0.717, 1.165) is 30.5 Å². The van der Waals surface area contributed by atoms with Gasteiger partial charge in [0.2, 0.25) is 0 Å². The summed E-state index contributed by atoms with van der Waals surface area (Å²) in [5.41, 5.74) is 9.11. The maximum Gasteiger partial charge on any atom is 0.325 e. The van der Waals surface area contributed by atoms with Gasteiger partial charge >= 0.3 is 5.97 Å². The second kappa shape index (κ2) is 5.29. The molecule has 110 valence electrons. The minimum atomic E-state index is -0.953. The first-order valence-corrected chi connectivity index (χ1v) is 6.89. The first-order chi connectivity index (χ1) is 10.1. The molecule has 0 radical (unpaired) electrons. The summed E-state index contributed by atoms with van der Waals surface area (Å²) < 4.78 is 14.9. The lowest BCUT2D eigenvalue weighted by Gasteiger charge is -2.20. The van der Waals surface area contributed by atoms with E-state index in [1.165, 1.54) is 16.8 Å². The maximum absolute atomic E-state index is 13.4. The van der Waals surface area contributed by atoms with E-state index in [2.05, 4.69) is 5.10 Å². The van der Waals surface area contributed by atoms with Crippen molar-refractivity contribution < 1.29 is 14.3 Å². The number of aliphatic carboxylic acids is 1. The Morgan fingerprint density at radius 1 is 1.52 bits per heavy atom. The van der Waals surface area contributed by atoms with Gasteiger partial charge in [0.15, 0.2) is 0 Å². The van der Waals surface area contributed by atoms with Crippen molar-refractivity contribution in [2.24, 2.45) is 5.73 Å². The largest absolute Gasteiger partial charge is 0.480 e. The van der Waals surface area contributed by atoms with Crippen LogP contribution in [0.15, 0.2) is 24.3 Å². The van der Waals surface area contributed by atoms with Crippen molar-refractivity contribution in [3.05, 3.63) is 41.3 Å². The molecule has 1 aromatic heterocycles. The third-order valence-electron chi connectivity index (χ3n) is 3.78. The van der Waals surface area contributed by atoms with Crippen molar-refractivity contribution in [3.63, 3.8) is 0 Å². The molecule has 3 N–H and O–H groups in total. The van der Waals surface area contributed by atoms with Crippen LogP contribution in [0.1, 0.15) is 30.1 Å². The van der Waals surface area contributed by atoms with Crippen molar-refractivity contribution in [1.29, 1.82) is 0 Å². The van der Waals surface area contributed by atoms with Crippen molar-refractivity contribution in [2.45, 2.75) is 31.8 Å². The Labute approximate surface area is 121 Å². The summed E-state index contributed by atoms with van der Waals surface area (Å²) in [6.07, 6.45) is 2.48. The Balaban J connectivity index is 2.16. The zero-order valence-corrected chi connectivity index (χ0v) is 11.4. The highest BCUT2D eigenvalue weighted by atomic mass is 19.1.